The molecule has 0 saturated carbocycles. The highest BCUT2D eigenvalue weighted by Crippen LogP contribution is 2.34. The summed E-state index contributed by atoms with van der Waals surface area (Å²) in [5.74, 6) is 6.62. The van der Waals surface area contributed by atoms with Gasteiger partial charge in [0.2, 0.25) is 15.9 Å². The van der Waals surface area contributed by atoms with Crippen LogP contribution in [0.25, 0.3) is 0 Å². The number of aliphatic hydroxyl groups is 1. The minimum atomic E-state index is -3.94. The second-order valence-corrected chi connectivity index (χ2v) is 10.6. The summed E-state index contributed by atoms with van der Waals surface area (Å²) in [6, 6.07) is 11.4. The third kappa shape index (κ3) is 6.14. The van der Waals surface area contributed by atoms with Crippen LogP contribution in [0.4, 0.5) is 0 Å². The fourth-order valence-electron chi connectivity index (χ4n) is 3.76. The Morgan fingerprint density at radius 2 is 1.94 bits per heavy atom. The zero-order valence-electron chi connectivity index (χ0n) is 20.7. The maximum Gasteiger partial charge on any atom is 0.247 e. The van der Waals surface area contributed by atoms with Gasteiger partial charge in [0, 0.05) is 43.6 Å². The van der Waals surface area contributed by atoms with Gasteiger partial charge in [-0.15, -0.1) is 0 Å². The minimum Gasteiger partial charge on any atom is -0.497 e. The van der Waals surface area contributed by atoms with E-state index in [9.17, 15) is 18.3 Å². The molecule has 0 aliphatic carbocycles. The van der Waals surface area contributed by atoms with Crippen LogP contribution in [-0.4, -0.2) is 74.6 Å². The quantitative estimate of drug-likeness (QED) is 0.633. The number of rotatable bonds is 5. The van der Waals surface area contributed by atoms with Gasteiger partial charge in [0.05, 0.1) is 20.3 Å². The molecule has 35 heavy (non-hydrogen) atoms. The number of ether oxygens (including phenoxy) is 2. The molecule has 0 spiro atoms. The average molecular weight is 501 g/mol. The smallest absolute Gasteiger partial charge is 0.247 e. The van der Waals surface area contributed by atoms with Gasteiger partial charge in [-0.2, -0.15) is 4.31 Å². The lowest BCUT2D eigenvalue weighted by atomic mass is 10.0. The standard InChI is InChI=1S/C26H32N2O6S/c1-18-15-28(19(2)17-29)35(31,32)26-12-11-22(10-9-21-7-6-8-23(13-21)33-5)14-24(26)34-25(18)16-27(4)20(3)30/h6-8,11-14,18-19,25,29H,15-17H2,1-5H3/t18-,19+,25+/m1/s1. The maximum atomic E-state index is 13.5. The van der Waals surface area contributed by atoms with E-state index in [1.807, 2.05) is 31.2 Å². The number of sulfonamides is 1. The van der Waals surface area contributed by atoms with Crippen LogP contribution in [-0.2, 0) is 14.8 Å². The van der Waals surface area contributed by atoms with Gasteiger partial charge < -0.3 is 19.5 Å². The highest BCUT2D eigenvalue weighted by molar-refractivity contribution is 7.89. The highest BCUT2D eigenvalue weighted by atomic mass is 32.2. The molecule has 0 saturated heterocycles. The molecule has 0 unspecified atom stereocenters. The van der Waals surface area contributed by atoms with Crippen molar-refractivity contribution in [3.63, 3.8) is 0 Å². The van der Waals surface area contributed by atoms with Gasteiger partial charge in [-0.25, -0.2) is 8.42 Å². The van der Waals surface area contributed by atoms with Gasteiger partial charge in [-0.05, 0) is 43.3 Å². The van der Waals surface area contributed by atoms with Crippen LogP contribution in [0.3, 0.4) is 0 Å². The van der Waals surface area contributed by atoms with Crippen molar-refractivity contribution >= 4 is 15.9 Å². The SMILES string of the molecule is COc1cccc(C#Cc2ccc3c(c2)O[C@@H](CN(C)C(C)=O)[C@H](C)CN([C@@H](C)CO)S3(=O)=O)c1. The molecule has 1 aliphatic rings. The number of aliphatic hydroxyl groups excluding tert-OH is 1. The molecule has 0 aromatic heterocycles. The summed E-state index contributed by atoms with van der Waals surface area (Å²) in [5, 5.41) is 9.74. The zero-order chi connectivity index (χ0) is 25.8. The summed E-state index contributed by atoms with van der Waals surface area (Å²) in [7, 11) is -0.681. The Kier molecular flexibility index (Phi) is 8.43. The Morgan fingerprint density at radius 3 is 2.57 bits per heavy atom. The van der Waals surface area contributed by atoms with E-state index in [0.29, 0.717) is 11.3 Å². The largest absolute Gasteiger partial charge is 0.497 e. The average Bonchev–Trinajstić information content (AvgIpc) is 2.84. The number of nitrogens with zero attached hydrogens (tertiary/aromatic N) is 2. The lowest BCUT2D eigenvalue weighted by Gasteiger charge is -2.37. The lowest BCUT2D eigenvalue weighted by molar-refractivity contribution is -0.129. The number of hydrogen-bond donors (Lipinski definition) is 1. The molecule has 188 valence electrons. The van der Waals surface area contributed by atoms with Crippen molar-refractivity contribution in [3.05, 3.63) is 53.6 Å². The second kappa shape index (κ2) is 11.1. The summed E-state index contributed by atoms with van der Waals surface area (Å²) in [5.41, 5.74) is 1.33. The first kappa shape index (κ1) is 26.5. The monoisotopic (exact) mass is 500 g/mol. The van der Waals surface area contributed by atoms with Crippen molar-refractivity contribution < 1.29 is 27.8 Å². The predicted octanol–water partition coefficient (Wildman–Crippen LogP) is 2.34. The van der Waals surface area contributed by atoms with E-state index in [2.05, 4.69) is 11.8 Å². The van der Waals surface area contributed by atoms with Crippen molar-refractivity contribution in [1.29, 1.82) is 0 Å². The number of hydrogen-bond acceptors (Lipinski definition) is 6. The molecule has 2 aromatic rings. The summed E-state index contributed by atoms with van der Waals surface area (Å²) in [6.07, 6.45) is -0.465. The predicted molar refractivity (Wildman–Crippen MR) is 133 cm³/mol. The maximum absolute atomic E-state index is 13.5. The van der Waals surface area contributed by atoms with E-state index >= 15 is 0 Å². The number of methoxy groups -OCH3 is 1. The summed E-state index contributed by atoms with van der Waals surface area (Å²) in [4.78, 5) is 13.4. The van der Waals surface area contributed by atoms with E-state index in [4.69, 9.17) is 9.47 Å². The Bertz CT molecular complexity index is 1230. The van der Waals surface area contributed by atoms with Gasteiger partial charge in [0.1, 0.15) is 22.5 Å². The molecule has 1 aliphatic heterocycles. The van der Waals surface area contributed by atoms with E-state index in [0.717, 1.165) is 5.56 Å². The molecule has 2 aromatic carbocycles. The highest BCUT2D eigenvalue weighted by Gasteiger charge is 2.38. The first-order valence-electron chi connectivity index (χ1n) is 11.4. The molecule has 3 rings (SSSR count). The summed E-state index contributed by atoms with van der Waals surface area (Å²) >= 11 is 0. The molecular formula is C26H32N2O6S. The number of benzene rings is 2. The second-order valence-electron chi connectivity index (χ2n) is 8.78. The molecule has 1 N–H and O–H groups in total. The van der Waals surface area contributed by atoms with Crippen LogP contribution in [0.15, 0.2) is 47.4 Å². The van der Waals surface area contributed by atoms with Crippen LogP contribution in [0.2, 0.25) is 0 Å². The van der Waals surface area contributed by atoms with Crippen molar-refractivity contribution in [2.45, 2.75) is 37.8 Å². The third-order valence-electron chi connectivity index (χ3n) is 6.08. The fourth-order valence-corrected chi connectivity index (χ4v) is 5.59. The Morgan fingerprint density at radius 1 is 1.26 bits per heavy atom. The first-order chi connectivity index (χ1) is 16.6. The van der Waals surface area contributed by atoms with E-state index < -0.39 is 22.2 Å². The van der Waals surface area contributed by atoms with Crippen molar-refractivity contribution in [2.75, 3.05) is 33.9 Å². The van der Waals surface area contributed by atoms with Crippen LogP contribution < -0.4 is 9.47 Å². The molecular weight excluding hydrogens is 468 g/mol. The Balaban J connectivity index is 2.07. The van der Waals surface area contributed by atoms with Gasteiger partial charge in [0.15, 0.2) is 0 Å². The minimum absolute atomic E-state index is 0.00658. The Hall–Kier alpha value is -3.06. The molecule has 1 amide bonds. The van der Waals surface area contributed by atoms with Crippen molar-refractivity contribution in [2.24, 2.45) is 5.92 Å². The van der Waals surface area contributed by atoms with Crippen LogP contribution in [0.5, 0.6) is 11.5 Å². The number of carbonyl (C=O) groups is 1. The van der Waals surface area contributed by atoms with Crippen LogP contribution in [0, 0.1) is 17.8 Å². The number of carbonyl (C=O) groups excluding carboxylic acids is 1. The van der Waals surface area contributed by atoms with Crippen molar-refractivity contribution in [1.82, 2.24) is 9.21 Å². The van der Waals surface area contributed by atoms with Crippen molar-refractivity contribution in [3.8, 4) is 23.3 Å². The molecule has 1 heterocycles. The molecule has 0 radical (unpaired) electrons. The van der Waals surface area contributed by atoms with Crippen LogP contribution >= 0.6 is 0 Å². The fraction of sp³-hybridized carbons (Fsp3) is 0.423. The van der Waals surface area contributed by atoms with Gasteiger partial charge >= 0.3 is 0 Å². The van der Waals surface area contributed by atoms with E-state index in [1.165, 1.54) is 17.3 Å². The van der Waals surface area contributed by atoms with Crippen LogP contribution in [0.1, 0.15) is 31.9 Å². The first-order valence-corrected chi connectivity index (χ1v) is 12.8. The molecule has 9 heteroatoms. The third-order valence-corrected chi connectivity index (χ3v) is 8.10. The van der Waals surface area contributed by atoms with E-state index in [-0.39, 0.29) is 42.2 Å². The summed E-state index contributed by atoms with van der Waals surface area (Å²) < 4.78 is 39.9. The summed E-state index contributed by atoms with van der Waals surface area (Å²) in [6.45, 7) is 5.14. The molecule has 0 bridgehead atoms. The van der Waals surface area contributed by atoms with Gasteiger partial charge in [0.25, 0.3) is 0 Å². The lowest BCUT2D eigenvalue weighted by Crippen LogP contribution is -2.50. The molecule has 8 nitrogen and oxygen atoms in total. The Labute approximate surface area is 207 Å². The number of amides is 1. The normalized spacial score (nSPS) is 20.2. The number of fused-ring (bicyclic) bond motifs is 1. The zero-order valence-corrected chi connectivity index (χ0v) is 21.5. The molecule has 3 atom stereocenters. The molecule has 0 fully saturated rings. The van der Waals surface area contributed by atoms with E-state index in [1.54, 1.807) is 38.1 Å². The number of likely N-dealkylation sites (N-methyl/N-ethyl adjacent to an activating group) is 1. The topological polar surface area (TPSA) is 96.4 Å². The van der Waals surface area contributed by atoms with Gasteiger partial charge in [-0.3, -0.25) is 4.79 Å². The van der Waals surface area contributed by atoms with Gasteiger partial charge in [-0.1, -0.05) is 24.8 Å².